The van der Waals surface area contributed by atoms with Gasteiger partial charge in [-0.15, -0.1) is 0 Å². The van der Waals surface area contributed by atoms with E-state index in [-0.39, 0.29) is 10.8 Å². The van der Waals surface area contributed by atoms with Crippen LogP contribution in [0.15, 0.2) is 42.5 Å². The van der Waals surface area contributed by atoms with Crippen molar-refractivity contribution in [1.29, 1.82) is 0 Å². The lowest BCUT2D eigenvalue weighted by Gasteiger charge is -2.09. The molecule has 0 saturated carbocycles. The van der Waals surface area contributed by atoms with Crippen LogP contribution in [0.2, 0.25) is 5.02 Å². The quantitative estimate of drug-likeness (QED) is 0.855. The average Bonchev–Trinajstić information content (AvgIpc) is 2.43. The first kappa shape index (κ1) is 15.9. The fourth-order valence-corrected chi connectivity index (χ4v) is 3.03. The number of nitrogens with one attached hydrogen (secondary N) is 1. The molecule has 0 aliphatic heterocycles. The van der Waals surface area contributed by atoms with E-state index in [9.17, 15) is 17.2 Å². The summed E-state index contributed by atoms with van der Waals surface area (Å²) in [6, 6.07) is 10.6. The second-order valence-electron chi connectivity index (χ2n) is 4.39. The van der Waals surface area contributed by atoms with Gasteiger partial charge in [0.2, 0.25) is 10.0 Å². The van der Waals surface area contributed by atoms with Crippen LogP contribution in [0.25, 0.3) is 0 Å². The highest BCUT2D eigenvalue weighted by Crippen LogP contribution is 2.21. The lowest BCUT2D eigenvalue weighted by atomic mass is 10.2. The minimum atomic E-state index is -3.71. The van der Waals surface area contributed by atoms with Crippen molar-refractivity contribution in [3.05, 3.63) is 70.2 Å². The Bertz CT molecular complexity index is 736. The second-order valence-corrected chi connectivity index (χ2v) is 6.60. The van der Waals surface area contributed by atoms with Crippen LogP contribution in [0.5, 0.6) is 0 Å². The van der Waals surface area contributed by atoms with Crippen LogP contribution < -0.4 is 4.72 Å². The van der Waals surface area contributed by atoms with E-state index in [0.29, 0.717) is 5.56 Å². The summed E-state index contributed by atoms with van der Waals surface area (Å²) >= 11 is 5.55. The van der Waals surface area contributed by atoms with Gasteiger partial charge in [-0.05, 0) is 17.7 Å². The van der Waals surface area contributed by atoms with E-state index in [4.69, 9.17) is 11.6 Å². The maximum Gasteiger partial charge on any atom is 0.216 e. The van der Waals surface area contributed by atoms with Gasteiger partial charge in [0.05, 0.1) is 10.8 Å². The predicted molar refractivity (Wildman–Crippen MR) is 77.3 cm³/mol. The molecule has 0 heterocycles. The summed E-state index contributed by atoms with van der Waals surface area (Å²) in [5, 5.41) is -0.256. The van der Waals surface area contributed by atoms with Gasteiger partial charge in [-0.2, -0.15) is 0 Å². The van der Waals surface area contributed by atoms with Crippen molar-refractivity contribution in [1.82, 2.24) is 4.72 Å². The van der Waals surface area contributed by atoms with E-state index >= 15 is 0 Å². The Morgan fingerprint density at radius 2 is 1.71 bits per heavy atom. The number of benzene rings is 2. The number of rotatable bonds is 5. The maximum absolute atomic E-state index is 13.7. The Balaban J connectivity index is 2.11. The summed E-state index contributed by atoms with van der Waals surface area (Å²) in [7, 11) is -3.71. The van der Waals surface area contributed by atoms with Crippen LogP contribution in [0, 0.1) is 11.6 Å². The molecule has 0 saturated heterocycles. The first-order valence-electron chi connectivity index (χ1n) is 6.03. The van der Waals surface area contributed by atoms with E-state index in [2.05, 4.69) is 4.72 Å². The Labute approximate surface area is 126 Å². The Morgan fingerprint density at radius 1 is 1.05 bits per heavy atom. The van der Waals surface area contributed by atoms with Gasteiger partial charge >= 0.3 is 0 Å². The zero-order valence-electron chi connectivity index (χ0n) is 10.8. The molecule has 2 rings (SSSR count). The van der Waals surface area contributed by atoms with E-state index in [1.165, 1.54) is 0 Å². The normalized spacial score (nSPS) is 11.6. The van der Waals surface area contributed by atoms with Crippen molar-refractivity contribution in [2.24, 2.45) is 0 Å². The van der Waals surface area contributed by atoms with Gasteiger partial charge < -0.3 is 0 Å². The third kappa shape index (κ3) is 4.23. The minimum absolute atomic E-state index is 0.256. The first-order chi connectivity index (χ1) is 9.89. The molecule has 2 aromatic rings. The molecule has 0 aromatic heterocycles. The van der Waals surface area contributed by atoms with Crippen LogP contribution in [-0.4, -0.2) is 8.42 Å². The highest BCUT2D eigenvalue weighted by atomic mass is 35.5. The van der Waals surface area contributed by atoms with Gasteiger partial charge in [-0.25, -0.2) is 21.9 Å². The molecule has 0 atom stereocenters. The van der Waals surface area contributed by atoms with Gasteiger partial charge in [-0.3, -0.25) is 0 Å². The van der Waals surface area contributed by atoms with Gasteiger partial charge in [0.15, 0.2) is 0 Å². The minimum Gasteiger partial charge on any atom is -0.212 e. The van der Waals surface area contributed by atoms with Gasteiger partial charge in [0.1, 0.15) is 11.6 Å². The molecule has 0 bridgehead atoms. The molecule has 0 radical (unpaired) electrons. The number of hydrogen-bond donors (Lipinski definition) is 1. The maximum atomic E-state index is 13.7. The smallest absolute Gasteiger partial charge is 0.212 e. The van der Waals surface area contributed by atoms with Crippen LogP contribution in [0.1, 0.15) is 11.1 Å². The molecule has 21 heavy (non-hydrogen) atoms. The number of sulfonamides is 1. The van der Waals surface area contributed by atoms with E-state index in [1.54, 1.807) is 30.3 Å². The molecule has 1 N–H and O–H groups in total. The summed E-state index contributed by atoms with van der Waals surface area (Å²) in [6.07, 6.45) is 0. The Morgan fingerprint density at radius 3 is 2.38 bits per heavy atom. The molecular formula is C14H12ClF2NO2S. The summed E-state index contributed by atoms with van der Waals surface area (Å²) in [4.78, 5) is 0. The molecule has 7 heteroatoms. The molecule has 112 valence electrons. The molecule has 0 unspecified atom stereocenters. The van der Waals surface area contributed by atoms with Crippen LogP contribution >= 0.6 is 11.6 Å². The van der Waals surface area contributed by atoms with Crippen molar-refractivity contribution in [3.8, 4) is 0 Å². The molecule has 2 aromatic carbocycles. The van der Waals surface area contributed by atoms with Crippen molar-refractivity contribution in [2.75, 3.05) is 0 Å². The fraction of sp³-hybridized carbons (Fsp3) is 0.143. The molecule has 0 fully saturated rings. The summed E-state index contributed by atoms with van der Waals surface area (Å²) in [5.74, 6) is -2.07. The molecule has 0 spiro atoms. The number of halogens is 3. The Kier molecular flexibility index (Phi) is 4.92. The van der Waals surface area contributed by atoms with Crippen molar-refractivity contribution < 1.29 is 17.2 Å². The standard InChI is InChI=1S/C14H12ClF2NO2S/c15-12-6-7-13(16)11(14(12)17)8-18-21(19,20)9-10-4-2-1-3-5-10/h1-7,18H,8-9H2. The molecule has 0 amide bonds. The monoisotopic (exact) mass is 331 g/mol. The lowest BCUT2D eigenvalue weighted by molar-refractivity contribution is 0.544. The molecule has 3 nitrogen and oxygen atoms in total. The van der Waals surface area contributed by atoms with E-state index in [0.717, 1.165) is 12.1 Å². The van der Waals surface area contributed by atoms with E-state index in [1.807, 2.05) is 0 Å². The van der Waals surface area contributed by atoms with Gasteiger partial charge in [0.25, 0.3) is 0 Å². The third-order valence-electron chi connectivity index (χ3n) is 2.81. The molecule has 0 aliphatic carbocycles. The van der Waals surface area contributed by atoms with E-state index < -0.39 is 33.8 Å². The van der Waals surface area contributed by atoms with Crippen molar-refractivity contribution >= 4 is 21.6 Å². The summed E-state index contributed by atoms with van der Waals surface area (Å²) in [5.41, 5.74) is 0.177. The molecule has 0 aliphatic rings. The number of hydrogen-bond acceptors (Lipinski definition) is 2. The average molecular weight is 332 g/mol. The zero-order valence-corrected chi connectivity index (χ0v) is 12.4. The van der Waals surface area contributed by atoms with Crippen molar-refractivity contribution in [3.63, 3.8) is 0 Å². The highest BCUT2D eigenvalue weighted by Gasteiger charge is 2.16. The zero-order chi connectivity index (χ0) is 15.5. The van der Waals surface area contributed by atoms with Gasteiger partial charge in [0, 0.05) is 12.1 Å². The fourth-order valence-electron chi connectivity index (χ4n) is 1.76. The Hall–Kier alpha value is -1.50. The van der Waals surface area contributed by atoms with Crippen LogP contribution in [0.4, 0.5) is 8.78 Å². The second kappa shape index (κ2) is 6.51. The predicted octanol–water partition coefficient (Wildman–Crippen LogP) is 3.24. The topological polar surface area (TPSA) is 46.2 Å². The first-order valence-corrected chi connectivity index (χ1v) is 8.06. The molecular weight excluding hydrogens is 320 g/mol. The lowest BCUT2D eigenvalue weighted by Crippen LogP contribution is -2.25. The summed E-state index contributed by atoms with van der Waals surface area (Å²) in [6.45, 7) is -0.493. The largest absolute Gasteiger partial charge is 0.216 e. The van der Waals surface area contributed by atoms with Crippen LogP contribution in [-0.2, 0) is 22.3 Å². The van der Waals surface area contributed by atoms with Gasteiger partial charge in [-0.1, -0.05) is 41.9 Å². The SMILES string of the molecule is O=S(=O)(Cc1ccccc1)NCc1c(F)ccc(Cl)c1F. The summed E-state index contributed by atoms with van der Waals surface area (Å²) < 4.78 is 53.1. The van der Waals surface area contributed by atoms with Crippen LogP contribution in [0.3, 0.4) is 0 Å². The third-order valence-corrected chi connectivity index (χ3v) is 4.40. The van der Waals surface area contributed by atoms with Crippen molar-refractivity contribution in [2.45, 2.75) is 12.3 Å². The highest BCUT2D eigenvalue weighted by molar-refractivity contribution is 7.88.